The van der Waals surface area contributed by atoms with E-state index in [0.29, 0.717) is 0 Å². The summed E-state index contributed by atoms with van der Waals surface area (Å²) in [6.07, 6.45) is 24.5. The zero-order chi connectivity index (χ0) is 24.2. The van der Waals surface area contributed by atoms with Gasteiger partial charge in [0.05, 0.1) is 13.2 Å². The molecule has 0 heterocycles. The van der Waals surface area contributed by atoms with Crippen LogP contribution in [0.1, 0.15) is 106 Å². The predicted molar refractivity (Wildman–Crippen MR) is 143 cm³/mol. The topological polar surface area (TPSA) is 40.5 Å². The average Bonchev–Trinajstić information content (AvgIpc) is 2.73. The molecule has 0 aliphatic heterocycles. The van der Waals surface area contributed by atoms with Gasteiger partial charge in [-0.05, 0) is 106 Å². The van der Waals surface area contributed by atoms with Crippen molar-refractivity contribution in [3.8, 4) is 0 Å². The van der Waals surface area contributed by atoms with E-state index in [-0.39, 0.29) is 13.2 Å². The number of hydrogen-bond acceptors (Lipinski definition) is 2. The van der Waals surface area contributed by atoms with E-state index in [4.69, 9.17) is 10.2 Å². The number of aliphatic hydroxyl groups is 2. The third-order valence-electron chi connectivity index (χ3n) is 5.85. The fraction of sp³-hybridized carbons (Fsp3) is 0.600. The van der Waals surface area contributed by atoms with Crippen molar-refractivity contribution >= 4 is 0 Å². The van der Waals surface area contributed by atoms with Crippen molar-refractivity contribution in [1.82, 2.24) is 0 Å². The Kier molecular flexibility index (Phi) is 19.0. The number of hydrogen-bond donors (Lipinski definition) is 2. The predicted octanol–water partition coefficient (Wildman–Crippen LogP) is 8.55. The van der Waals surface area contributed by atoms with E-state index >= 15 is 0 Å². The third-order valence-corrected chi connectivity index (χ3v) is 5.85. The molecule has 0 spiro atoms. The Morgan fingerprint density at radius 3 is 0.906 bits per heavy atom. The normalized spacial score (nSPS) is 15.0. The second-order valence-corrected chi connectivity index (χ2v) is 9.34. The van der Waals surface area contributed by atoms with Gasteiger partial charge in [0, 0.05) is 0 Å². The van der Waals surface area contributed by atoms with E-state index in [1.54, 1.807) is 0 Å². The maximum atomic E-state index is 9.03. The van der Waals surface area contributed by atoms with Crippen LogP contribution in [0, 0.1) is 0 Å². The molecular weight excluding hydrogens is 392 g/mol. The Labute approximate surface area is 199 Å². The summed E-state index contributed by atoms with van der Waals surface area (Å²) in [5, 5.41) is 17.9. The summed E-state index contributed by atoms with van der Waals surface area (Å²) in [4.78, 5) is 0. The summed E-state index contributed by atoms with van der Waals surface area (Å²) in [5.41, 5.74) is 8.21. The lowest BCUT2D eigenvalue weighted by Crippen LogP contribution is -1.85. The van der Waals surface area contributed by atoms with Crippen LogP contribution in [0.3, 0.4) is 0 Å². The van der Waals surface area contributed by atoms with Crippen molar-refractivity contribution in [3.63, 3.8) is 0 Å². The Morgan fingerprint density at radius 1 is 0.406 bits per heavy atom. The summed E-state index contributed by atoms with van der Waals surface area (Å²) in [5.74, 6) is 0. The largest absolute Gasteiger partial charge is 0.392 e. The maximum Gasteiger partial charge on any atom is 0.0639 e. The van der Waals surface area contributed by atoms with Crippen molar-refractivity contribution in [2.75, 3.05) is 13.2 Å². The lowest BCUT2D eigenvalue weighted by molar-refractivity contribution is 0.331. The fourth-order valence-electron chi connectivity index (χ4n) is 3.46. The highest BCUT2D eigenvalue weighted by molar-refractivity contribution is 5.09. The minimum Gasteiger partial charge on any atom is -0.392 e. The number of aliphatic hydroxyl groups excluding tert-OH is 2. The molecule has 0 saturated carbocycles. The van der Waals surface area contributed by atoms with E-state index < -0.39 is 0 Å². The van der Waals surface area contributed by atoms with Gasteiger partial charge in [-0.3, -0.25) is 0 Å². The van der Waals surface area contributed by atoms with Crippen LogP contribution < -0.4 is 0 Å². The van der Waals surface area contributed by atoms with E-state index in [1.807, 2.05) is 13.0 Å². The highest BCUT2D eigenvalue weighted by Gasteiger charge is 1.95. The molecule has 2 heteroatoms. The summed E-state index contributed by atoms with van der Waals surface area (Å²) in [6, 6.07) is 0. The van der Waals surface area contributed by atoms with Crippen LogP contribution in [-0.4, -0.2) is 23.4 Å². The van der Waals surface area contributed by atoms with E-state index in [0.717, 1.165) is 69.8 Å². The first-order chi connectivity index (χ1) is 15.3. The van der Waals surface area contributed by atoms with Gasteiger partial charge in [-0.1, -0.05) is 69.9 Å². The molecule has 2 nitrogen and oxygen atoms in total. The molecule has 0 aromatic heterocycles. The molecule has 0 amide bonds. The van der Waals surface area contributed by atoms with Crippen LogP contribution in [-0.2, 0) is 0 Å². The van der Waals surface area contributed by atoms with Crippen LogP contribution in [0.15, 0.2) is 69.9 Å². The van der Waals surface area contributed by atoms with Gasteiger partial charge in [-0.25, -0.2) is 0 Å². The standard InChI is InChI=1S/C30H50O2/c1-25(14-8-16-27(3)18-10-20-29(5)22-23-31)12-7-13-26(2)15-9-17-28(4)19-11-21-30(6)24-32/h13-14,17-18,21-22,31-32H,7-12,15-16,19-20,23-24H2,1-6H3. The first-order valence-electron chi connectivity index (χ1n) is 12.4. The highest BCUT2D eigenvalue weighted by Crippen LogP contribution is 2.15. The lowest BCUT2D eigenvalue weighted by Gasteiger charge is -2.04. The Morgan fingerprint density at radius 2 is 0.656 bits per heavy atom. The van der Waals surface area contributed by atoms with Gasteiger partial charge in [0.15, 0.2) is 0 Å². The zero-order valence-corrected chi connectivity index (χ0v) is 21.8. The Balaban J connectivity index is 4.11. The first kappa shape index (κ1) is 30.4. The fourth-order valence-corrected chi connectivity index (χ4v) is 3.46. The monoisotopic (exact) mass is 442 g/mol. The highest BCUT2D eigenvalue weighted by atomic mass is 16.3. The third kappa shape index (κ3) is 19.1. The molecule has 0 saturated heterocycles. The Hall–Kier alpha value is -1.64. The van der Waals surface area contributed by atoms with Crippen molar-refractivity contribution in [2.45, 2.75) is 106 Å². The molecule has 0 atom stereocenters. The van der Waals surface area contributed by atoms with E-state index in [2.05, 4.69) is 65.0 Å². The molecule has 32 heavy (non-hydrogen) atoms. The zero-order valence-electron chi connectivity index (χ0n) is 21.8. The van der Waals surface area contributed by atoms with Crippen LogP contribution in [0.5, 0.6) is 0 Å². The van der Waals surface area contributed by atoms with Crippen LogP contribution in [0.4, 0.5) is 0 Å². The van der Waals surface area contributed by atoms with Crippen molar-refractivity contribution < 1.29 is 10.2 Å². The van der Waals surface area contributed by atoms with Gasteiger partial charge in [-0.15, -0.1) is 0 Å². The number of rotatable bonds is 17. The quantitative estimate of drug-likeness (QED) is 0.221. The molecule has 0 rings (SSSR count). The average molecular weight is 443 g/mol. The summed E-state index contributed by atoms with van der Waals surface area (Å²) < 4.78 is 0. The second kappa shape index (κ2) is 20.0. The molecule has 2 N–H and O–H groups in total. The molecule has 0 unspecified atom stereocenters. The number of allylic oxidation sites excluding steroid dienone is 10. The van der Waals surface area contributed by atoms with Gasteiger partial charge in [0.2, 0.25) is 0 Å². The summed E-state index contributed by atoms with van der Waals surface area (Å²) in [7, 11) is 0. The molecular formula is C30H50O2. The van der Waals surface area contributed by atoms with E-state index in [9.17, 15) is 0 Å². The van der Waals surface area contributed by atoms with Crippen molar-refractivity contribution in [1.29, 1.82) is 0 Å². The molecule has 0 fully saturated rings. The second-order valence-electron chi connectivity index (χ2n) is 9.34. The molecule has 0 aliphatic carbocycles. The minimum atomic E-state index is 0.147. The minimum absolute atomic E-state index is 0.147. The van der Waals surface area contributed by atoms with Gasteiger partial charge in [0.1, 0.15) is 0 Å². The van der Waals surface area contributed by atoms with Gasteiger partial charge in [-0.2, -0.15) is 0 Å². The van der Waals surface area contributed by atoms with Gasteiger partial charge >= 0.3 is 0 Å². The summed E-state index contributed by atoms with van der Waals surface area (Å²) in [6.45, 7) is 13.3. The Bertz CT molecular complexity index is 684. The molecule has 0 radical (unpaired) electrons. The lowest BCUT2D eigenvalue weighted by atomic mass is 10.0. The van der Waals surface area contributed by atoms with Crippen molar-refractivity contribution in [2.24, 2.45) is 0 Å². The smallest absolute Gasteiger partial charge is 0.0639 e. The summed E-state index contributed by atoms with van der Waals surface area (Å²) >= 11 is 0. The van der Waals surface area contributed by atoms with Crippen LogP contribution >= 0.6 is 0 Å². The van der Waals surface area contributed by atoms with E-state index in [1.165, 1.54) is 27.9 Å². The van der Waals surface area contributed by atoms with Gasteiger partial charge in [0.25, 0.3) is 0 Å². The maximum absolute atomic E-state index is 9.03. The SMILES string of the molecule is CC(=CCCC(C)=CCCC(C)=CCCC(C)=CCCC(C)=CCCC(C)=CCO)CO. The van der Waals surface area contributed by atoms with Gasteiger partial charge < -0.3 is 10.2 Å². The molecule has 0 bridgehead atoms. The molecule has 0 aromatic rings. The van der Waals surface area contributed by atoms with Crippen molar-refractivity contribution in [3.05, 3.63) is 69.9 Å². The molecule has 0 aliphatic rings. The molecule has 182 valence electrons. The van der Waals surface area contributed by atoms with Crippen LogP contribution in [0.2, 0.25) is 0 Å². The molecule has 0 aromatic carbocycles. The first-order valence-corrected chi connectivity index (χ1v) is 12.4. The van der Waals surface area contributed by atoms with Crippen LogP contribution in [0.25, 0.3) is 0 Å².